The molecular weight excluding hydrogens is 1130 g/mol. The highest BCUT2D eigenvalue weighted by atomic mass is 19.1. The molecule has 5 saturated carbocycles. The number of ketones is 2. The minimum atomic E-state index is -1.94. The molecule has 0 radical (unpaired) electrons. The zero-order valence-corrected chi connectivity index (χ0v) is 49.4. The number of anilines is 2. The van der Waals surface area contributed by atoms with E-state index >= 15 is 8.78 Å². The number of nitrogens with zero attached hydrogens (tertiary/aromatic N) is 5. The van der Waals surface area contributed by atoms with Crippen LogP contribution in [0.2, 0.25) is 0 Å². The van der Waals surface area contributed by atoms with Gasteiger partial charge in [0, 0.05) is 80.0 Å². The second-order valence-electron chi connectivity index (χ2n) is 26.8. The monoisotopic (exact) mass is 1200 g/mol. The van der Waals surface area contributed by atoms with Crippen LogP contribution in [0.3, 0.4) is 0 Å². The van der Waals surface area contributed by atoms with E-state index in [1.807, 2.05) is 24.8 Å². The van der Waals surface area contributed by atoms with Crippen molar-refractivity contribution in [2.45, 2.75) is 133 Å². The van der Waals surface area contributed by atoms with E-state index in [4.69, 9.17) is 23.7 Å². The number of aliphatic hydroxyl groups is 2. The van der Waals surface area contributed by atoms with Crippen LogP contribution in [-0.2, 0) is 23.8 Å². The first-order valence-corrected chi connectivity index (χ1v) is 31.1. The quantitative estimate of drug-likeness (QED) is 0.0897. The number of hydrogen-bond donors (Lipinski definition) is 3. The number of methoxy groups -OCH3 is 2. The average Bonchev–Trinajstić information content (AvgIpc) is 1.65. The van der Waals surface area contributed by atoms with Crippen LogP contribution in [-0.4, -0.2) is 145 Å². The number of amides is 1. The van der Waals surface area contributed by atoms with Gasteiger partial charge in [-0.25, -0.2) is 23.2 Å². The van der Waals surface area contributed by atoms with Gasteiger partial charge in [-0.3, -0.25) is 19.2 Å². The van der Waals surface area contributed by atoms with Crippen LogP contribution in [0.5, 0.6) is 11.5 Å². The summed E-state index contributed by atoms with van der Waals surface area (Å²) in [6.45, 7) is 5.07. The van der Waals surface area contributed by atoms with Gasteiger partial charge in [0.2, 0.25) is 23.4 Å². The van der Waals surface area contributed by atoms with Crippen LogP contribution in [0.15, 0.2) is 57.9 Å². The molecule has 4 saturated heterocycles. The maximum Gasteiger partial charge on any atom is 0.412 e. The lowest BCUT2D eigenvalue weighted by Gasteiger charge is -2.59. The number of Topliss-reactive ketones (excluding diaryl/α,β-unsaturated/α-hetero) is 1. The largest absolute Gasteiger partial charge is 0.492 e. The zero-order chi connectivity index (χ0) is 60.7. The highest BCUT2D eigenvalue weighted by Gasteiger charge is 2.68. The smallest absolute Gasteiger partial charge is 0.412 e. The van der Waals surface area contributed by atoms with Crippen molar-refractivity contribution >= 4 is 62.8 Å². The van der Waals surface area contributed by atoms with Crippen molar-refractivity contribution in [3.8, 4) is 11.5 Å². The Kier molecular flexibility index (Phi) is 14.1. The van der Waals surface area contributed by atoms with E-state index in [0.717, 1.165) is 43.9 Å². The Hall–Kier alpha value is -7.17. The third kappa shape index (κ3) is 9.12. The Labute approximate surface area is 500 Å². The van der Waals surface area contributed by atoms with Gasteiger partial charge in [-0.15, -0.1) is 0 Å². The van der Waals surface area contributed by atoms with E-state index in [1.165, 1.54) is 37.6 Å². The van der Waals surface area contributed by atoms with Crippen molar-refractivity contribution in [2.75, 3.05) is 76.7 Å². The van der Waals surface area contributed by atoms with Gasteiger partial charge in [-0.05, 0) is 138 Å². The lowest BCUT2D eigenvalue weighted by Crippen LogP contribution is -2.61. The second kappa shape index (κ2) is 21.3. The van der Waals surface area contributed by atoms with Crippen LogP contribution in [0.4, 0.5) is 25.0 Å². The molecule has 87 heavy (non-hydrogen) atoms. The standard InChI is InChI=1S/C65H74F2N6O14/c1-63-17-15-38(74)21-35(63)9-14-39-44-16-18-65(82,64(44,2)24-49(75)51(39)63)50(76)31-85-60(79)42-27-72(36-10-11-36)53-40(56(42)77)23-46(67)55(59(53)84-4)70-26-34-8-6-20-71(48(34)30-70)62(81)87-32-86-61(80)43-28-73(37-12-13-37)52-41(57(43)78)22-45(66)54(58(52)83-3)69-25-33-7-5-19-68-47(33)29-69/h15,17,21-23,27-28,33-34,36-37,39,44,47-49,51,68,75,82H,5-14,16,18-20,24-26,29-32H2,1-4H3/t33?,34?,39-,44-,47?,48?,49-,51+,63-,64-,65-/m1/s1. The molecule has 3 N–H and O–H groups in total. The molecule has 11 atom stereocenters. The fourth-order valence-electron chi connectivity index (χ4n) is 17.7. The van der Waals surface area contributed by atoms with Crippen molar-refractivity contribution in [1.29, 1.82) is 0 Å². The van der Waals surface area contributed by atoms with E-state index in [-0.39, 0.29) is 118 Å². The van der Waals surface area contributed by atoms with Crippen molar-refractivity contribution in [3.05, 3.63) is 91.5 Å². The first-order chi connectivity index (χ1) is 41.8. The summed E-state index contributed by atoms with van der Waals surface area (Å²) in [5, 5.41) is 27.6. The number of fused-ring (bicyclic) bond motifs is 9. The molecule has 2 aromatic heterocycles. The van der Waals surface area contributed by atoms with E-state index in [2.05, 4.69) is 5.32 Å². The summed E-state index contributed by atoms with van der Waals surface area (Å²) in [7, 11) is 2.82. The Balaban J connectivity index is 0.657. The fourth-order valence-corrected chi connectivity index (χ4v) is 17.7. The number of ether oxygens (including phenoxy) is 5. The first kappa shape index (κ1) is 57.6. The number of allylic oxidation sites excluding steroid dienone is 4. The summed E-state index contributed by atoms with van der Waals surface area (Å²) in [6, 6.07) is 1.73. The Bertz CT molecular complexity index is 3790. The molecule has 22 heteroatoms. The lowest BCUT2D eigenvalue weighted by molar-refractivity contribution is -0.178. The number of esters is 2. The molecule has 14 rings (SSSR count). The predicted molar refractivity (Wildman–Crippen MR) is 313 cm³/mol. The molecule has 2 aromatic carbocycles. The summed E-state index contributed by atoms with van der Waals surface area (Å²) in [5.41, 5.74) is -3.92. The first-order valence-electron chi connectivity index (χ1n) is 31.1. The number of halogens is 2. The number of carbonyl (C=O) groups excluding carboxylic acids is 5. The number of aliphatic hydroxyl groups excluding tert-OH is 1. The molecule has 4 unspecified atom stereocenters. The van der Waals surface area contributed by atoms with Crippen LogP contribution in [0.25, 0.3) is 21.8 Å². The number of likely N-dealkylation sites (tertiary alicyclic amines) is 1. The molecule has 20 nitrogen and oxygen atoms in total. The van der Waals surface area contributed by atoms with Crippen molar-refractivity contribution < 1.29 is 66.7 Å². The molecule has 9 fully saturated rings. The SMILES string of the molecule is COc1c(N2CC3CCCNC3C2)c(F)cc2c(=O)c(C(=O)OCOC(=O)N3CCCC4CN(c5c(F)cc6c(=O)c(C(=O)OCC(=O)[C@]7(O)CC[C@@H]8[C@H]9CCC%10=CC(=O)C=C[C@@]%10(C)[C@@H]9[C@H](O)C[C@]87C)cn(C7CC7)c6c5OC)CC43)cn(C3CC3)c12. The van der Waals surface area contributed by atoms with Crippen LogP contribution in [0, 0.1) is 52.1 Å². The Morgan fingerprint density at radius 2 is 1.36 bits per heavy atom. The van der Waals surface area contributed by atoms with Crippen molar-refractivity contribution in [3.63, 3.8) is 0 Å². The summed E-state index contributed by atoms with van der Waals surface area (Å²) in [6.07, 6.45) is 14.6. The Morgan fingerprint density at radius 3 is 1.98 bits per heavy atom. The third-order valence-electron chi connectivity index (χ3n) is 22.2. The molecule has 10 aliphatic rings. The Morgan fingerprint density at radius 1 is 0.747 bits per heavy atom. The zero-order valence-electron chi connectivity index (χ0n) is 49.4. The summed E-state index contributed by atoms with van der Waals surface area (Å²) in [4.78, 5) is 102. The number of hydrogen-bond acceptors (Lipinski definition) is 17. The number of pyridine rings is 2. The third-order valence-corrected chi connectivity index (χ3v) is 22.2. The number of aromatic nitrogens is 2. The highest BCUT2D eigenvalue weighted by Crippen LogP contribution is 2.67. The molecule has 462 valence electrons. The van der Waals surface area contributed by atoms with Crippen LogP contribution < -0.4 is 35.4 Å². The van der Waals surface area contributed by atoms with Crippen molar-refractivity contribution in [2.24, 2.45) is 40.4 Å². The van der Waals surface area contributed by atoms with Gasteiger partial charge < -0.3 is 63.0 Å². The molecule has 1 amide bonds. The van der Waals surface area contributed by atoms with E-state index in [9.17, 15) is 43.8 Å². The predicted octanol–water partition coefficient (Wildman–Crippen LogP) is 7.06. The van der Waals surface area contributed by atoms with Gasteiger partial charge in [0.25, 0.3) is 0 Å². The molecule has 6 heterocycles. The van der Waals surface area contributed by atoms with Gasteiger partial charge >= 0.3 is 18.0 Å². The summed E-state index contributed by atoms with van der Waals surface area (Å²) < 4.78 is 65.3. The number of piperidine rings is 2. The van der Waals surface area contributed by atoms with E-state index < -0.39 is 93.8 Å². The number of rotatable bonds is 13. The van der Waals surface area contributed by atoms with Gasteiger partial charge in [-0.2, -0.15) is 0 Å². The molecule has 6 aliphatic carbocycles. The number of nitrogens with one attached hydrogen (secondary N) is 1. The van der Waals surface area contributed by atoms with Gasteiger partial charge in [-0.1, -0.05) is 25.5 Å². The summed E-state index contributed by atoms with van der Waals surface area (Å²) in [5.74, 6) is -4.34. The minimum Gasteiger partial charge on any atom is -0.492 e. The molecule has 4 aliphatic heterocycles. The lowest BCUT2D eigenvalue weighted by atomic mass is 9.46. The number of benzene rings is 2. The van der Waals surface area contributed by atoms with Crippen molar-refractivity contribution in [1.82, 2.24) is 19.4 Å². The molecular formula is C65H74F2N6O14. The van der Waals surface area contributed by atoms with Gasteiger partial charge in [0.15, 0.2) is 35.5 Å². The van der Waals surface area contributed by atoms with Crippen LogP contribution in [0.1, 0.15) is 130 Å². The number of carbonyl (C=O) groups is 5. The summed E-state index contributed by atoms with van der Waals surface area (Å²) >= 11 is 0. The average molecular weight is 1200 g/mol. The van der Waals surface area contributed by atoms with E-state index in [0.29, 0.717) is 76.0 Å². The maximum atomic E-state index is 17.0. The van der Waals surface area contributed by atoms with Gasteiger partial charge in [0.1, 0.15) is 28.1 Å². The molecule has 0 spiro atoms. The van der Waals surface area contributed by atoms with Crippen LogP contribution >= 0.6 is 0 Å². The van der Waals surface area contributed by atoms with E-state index in [1.54, 1.807) is 26.2 Å². The molecule has 0 bridgehead atoms. The topological polar surface area (TPSA) is 238 Å². The highest BCUT2D eigenvalue weighted by molar-refractivity contribution is 6.02. The minimum absolute atomic E-state index is 0.0313. The van der Waals surface area contributed by atoms with Gasteiger partial charge in [0.05, 0.1) is 48.2 Å². The second-order valence-corrected chi connectivity index (χ2v) is 26.8. The fraction of sp³-hybridized carbons (Fsp3) is 0.585. The molecule has 4 aromatic rings. The maximum absolute atomic E-state index is 17.0. The normalized spacial score (nSPS) is 31.6.